The number of imide groups is 1. The summed E-state index contributed by atoms with van der Waals surface area (Å²) in [5.74, 6) is 0.528. The lowest BCUT2D eigenvalue weighted by Gasteiger charge is -2.14. The molecule has 11 heteroatoms. The number of fused-ring (bicyclic) bond motifs is 1. The summed E-state index contributed by atoms with van der Waals surface area (Å²) >= 11 is 13.0. The van der Waals surface area contributed by atoms with Gasteiger partial charge in [-0.15, -0.1) is 0 Å². The smallest absolute Gasteiger partial charge is 0.343 e. The van der Waals surface area contributed by atoms with Crippen molar-refractivity contribution in [3.63, 3.8) is 0 Å². The molecule has 0 atom stereocenters. The lowest BCUT2D eigenvalue weighted by Crippen LogP contribution is -2.27. The van der Waals surface area contributed by atoms with E-state index in [0.717, 1.165) is 16.7 Å². The SMILES string of the molecule is CCOc1cc(/C=C2\SC(=O)N(Cc3cc4c(cc3Cl)OCO4)C2=O)ccc1OC(=O)c1ccc(Cl)cc1. The number of rotatable bonds is 7. The van der Waals surface area contributed by atoms with Crippen molar-refractivity contribution in [3.8, 4) is 23.0 Å². The normalized spacial score (nSPS) is 15.3. The van der Waals surface area contributed by atoms with E-state index in [9.17, 15) is 14.4 Å². The number of ether oxygens (including phenoxy) is 4. The van der Waals surface area contributed by atoms with Crippen LogP contribution in [0.25, 0.3) is 6.08 Å². The fraction of sp³-hybridized carbons (Fsp3) is 0.148. The first kappa shape index (κ1) is 26.0. The Morgan fingerprint density at radius 2 is 1.76 bits per heavy atom. The highest BCUT2D eigenvalue weighted by Crippen LogP contribution is 2.40. The molecule has 1 fully saturated rings. The van der Waals surface area contributed by atoms with Crippen LogP contribution in [-0.2, 0) is 11.3 Å². The highest BCUT2D eigenvalue weighted by atomic mass is 35.5. The molecule has 3 aromatic rings. The van der Waals surface area contributed by atoms with Gasteiger partial charge in [0.1, 0.15) is 0 Å². The molecule has 2 aliphatic heterocycles. The molecule has 38 heavy (non-hydrogen) atoms. The minimum atomic E-state index is -0.571. The van der Waals surface area contributed by atoms with Crippen LogP contribution < -0.4 is 18.9 Å². The van der Waals surface area contributed by atoms with Crippen molar-refractivity contribution in [2.45, 2.75) is 13.5 Å². The van der Waals surface area contributed by atoms with Crippen molar-refractivity contribution in [1.29, 1.82) is 0 Å². The van der Waals surface area contributed by atoms with Gasteiger partial charge in [0.05, 0.1) is 23.6 Å². The van der Waals surface area contributed by atoms with Crippen LogP contribution in [0.1, 0.15) is 28.4 Å². The molecule has 0 bridgehead atoms. The van der Waals surface area contributed by atoms with E-state index in [-0.39, 0.29) is 24.0 Å². The fourth-order valence-corrected chi connectivity index (χ4v) is 4.93. The molecule has 194 valence electrons. The second-order valence-electron chi connectivity index (χ2n) is 8.10. The Balaban J connectivity index is 1.34. The van der Waals surface area contributed by atoms with Crippen molar-refractivity contribution in [2.24, 2.45) is 0 Å². The van der Waals surface area contributed by atoms with E-state index >= 15 is 0 Å². The Labute approximate surface area is 232 Å². The molecule has 0 aromatic heterocycles. The monoisotopic (exact) mass is 571 g/mol. The molecule has 0 aliphatic carbocycles. The number of halogens is 2. The molecule has 0 unspecified atom stereocenters. The number of amides is 2. The van der Waals surface area contributed by atoms with Gasteiger partial charge in [0, 0.05) is 16.1 Å². The maximum absolute atomic E-state index is 13.1. The predicted molar refractivity (Wildman–Crippen MR) is 143 cm³/mol. The fourth-order valence-electron chi connectivity index (χ4n) is 3.75. The maximum Gasteiger partial charge on any atom is 0.343 e. The summed E-state index contributed by atoms with van der Waals surface area (Å²) in [5.41, 5.74) is 1.48. The van der Waals surface area contributed by atoms with E-state index in [1.807, 2.05) is 0 Å². The number of benzene rings is 3. The zero-order valence-corrected chi connectivity index (χ0v) is 22.2. The first-order chi connectivity index (χ1) is 18.3. The lowest BCUT2D eigenvalue weighted by molar-refractivity contribution is -0.123. The van der Waals surface area contributed by atoms with Crippen LogP contribution in [0.4, 0.5) is 4.79 Å². The minimum absolute atomic E-state index is 0.0126. The first-order valence-electron chi connectivity index (χ1n) is 11.4. The Morgan fingerprint density at radius 1 is 1.03 bits per heavy atom. The van der Waals surface area contributed by atoms with E-state index < -0.39 is 17.1 Å². The van der Waals surface area contributed by atoms with E-state index in [2.05, 4.69) is 0 Å². The van der Waals surface area contributed by atoms with E-state index in [1.165, 1.54) is 0 Å². The number of hydrogen-bond acceptors (Lipinski definition) is 8. The zero-order valence-electron chi connectivity index (χ0n) is 19.9. The van der Waals surface area contributed by atoms with Crippen LogP contribution in [-0.4, -0.2) is 35.4 Å². The highest BCUT2D eigenvalue weighted by Gasteiger charge is 2.36. The summed E-state index contributed by atoms with van der Waals surface area (Å²) in [6.45, 7) is 2.19. The van der Waals surface area contributed by atoms with Crippen molar-refractivity contribution in [2.75, 3.05) is 13.4 Å². The molecule has 2 aliphatic rings. The van der Waals surface area contributed by atoms with E-state index in [0.29, 0.717) is 50.6 Å². The average Bonchev–Trinajstić information content (AvgIpc) is 3.45. The highest BCUT2D eigenvalue weighted by molar-refractivity contribution is 8.18. The largest absolute Gasteiger partial charge is 0.490 e. The predicted octanol–water partition coefficient (Wildman–Crippen LogP) is 6.58. The molecule has 8 nitrogen and oxygen atoms in total. The van der Waals surface area contributed by atoms with Crippen molar-refractivity contribution >= 4 is 58.2 Å². The van der Waals surface area contributed by atoms with Crippen LogP contribution in [0.2, 0.25) is 10.0 Å². The van der Waals surface area contributed by atoms with Gasteiger partial charge in [-0.1, -0.05) is 29.3 Å². The quantitative estimate of drug-likeness (QED) is 0.178. The van der Waals surface area contributed by atoms with Gasteiger partial charge in [-0.05, 0) is 78.4 Å². The van der Waals surface area contributed by atoms with E-state index in [1.54, 1.807) is 67.6 Å². The Bertz CT molecular complexity index is 1470. The molecule has 2 heterocycles. The molecule has 5 rings (SSSR count). The Morgan fingerprint density at radius 3 is 2.50 bits per heavy atom. The number of nitrogens with zero attached hydrogens (tertiary/aromatic N) is 1. The molecule has 1 saturated heterocycles. The second-order valence-corrected chi connectivity index (χ2v) is 9.94. The summed E-state index contributed by atoms with van der Waals surface area (Å²) in [4.78, 5) is 39.7. The van der Waals surface area contributed by atoms with Gasteiger partial charge in [-0.2, -0.15) is 0 Å². The van der Waals surface area contributed by atoms with Gasteiger partial charge in [-0.25, -0.2) is 4.79 Å². The standard InChI is InChI=1S/C27H19Cl2NO7S/c1-2-34-21-9-15(3-8-20(21)37-26(32)16-4-6-18(28)7-5-16)10-24-25(31)30(27(33)38-24)13-17-11-22-23(12-19(17)29)36-14-35-22/h3-12H,2,13-14H2,1H3/b24-10-. The molecular weight excluding hydrogens is 553 g/mol. The van der Waals surface area contributed by atoms with Crippen LogP contribution in [0.3, 0.4) is 0 Å². The van der Waals surface area contributed by atoms with Crippen LogP contribution in [0.5, 0.6) is 23.0 Å². The molecule has 0 spiro atoms. The average molecular weight is 572 g/mol. The molecule has 2 amide bonds. The zero-order chi connectivity index (χ0) is 26.8. The first-order valence-corrected chi connectivity index (χ1v) is 13.0. The summed E-state index contributed by atoms with van der Waals surface area (Å²) < 4.78 is 21.9. The summed E-state index contributed by atoms with van der Waals surface area (Å²) in [5, 5.41) is 0.445. The maximum atomic E-state index is 13.1. The number of hydrogen-bond donors (Lipinski definition) is 0. The second kappa shape index (κ2) is 11.0. The molecule has 0 radical (unpaired) electrons. The lowest BCUT2D eigenvalue weighted by atomic mass is 10.1. The van der Waals surface area contributed by atoms with Gasteiger partial charge in [-0.3, -0.25) is 14.5 Å². The summed E-state index contributed by atoms with van der Waals surface area (Å²) in [6, 6.07) is 14.4. The van der Waals surface area contributed by atoms with Gasteiger partial charge in [0.25, 0.3) is 11.1 Å². The summed E-state index contributed by atoms with van der Waals surface area (Å²) in [7, 11) is 0. The third kappa shape index (κ3) is 5.45. The Hall–Kier alpha value is -3.66. The number of carbonyl (C=O) groups excluding carboxylic acids is 3. The third-order valence-electron chi connectivity index (χ3n) is 5.59. The van der Waals surface area contributed by atoms with E-state index in [4.69, 9.17) is 42.1 Å². The number of thioether (sulfide) groups is 1. The van der Waals surface area contributed by atoms with Gasteiger partial charge < -0.3 is 18.9 Å². The third-order valence-corrected chi connectivity index (χ3v) is 7.10. The van der Waals surface area contributed by atoms with Crippen LogP contribution in [0, 0.1) is 0 Å². The minimum Gasteiger partial charge on any atom is -0.490 e. The van der Waals surface area contributed by atoms with Crippen molar-refractivity contribution < 1.29 is 33.3 Å². The van der Waals surface area contributed by atoms with Crippen LogP contribution >= 0.6 is 35.0 Å². The van der Waals surface area contributed by atoms with Gasteiger partial charge >= 0.3 is 5.97 Å². The number of esters is 1. The topological polar surface area (TPSA) is 91.4 Å². The Kier molecular flexibility index (Phi) is 7.51. The molecule has 0 saturated carbocycles. The molecular formula is C27H19Cl2NO7S. The molecule has 0 N–H and O–H groups in total. The molecule has 3 aromatic carbocycles. The number of carbonyl (C=O) groups is 3. The van der Waals surface area contributed by atoms with Gasteiger partial charge in [0.15, 0.2) is 23.0 Å². The van der Waals surface area contributed by atoms with Gasteiger partial charge in [0.2, 0.25) is 6.79 Å². The summed E-state index contributed by atoms with van der Waals surface area (Å²) in [6.07, 6.45) is 1.58. The van der Waals surface area contributed by atoms with Crippen molar-refractivity contribution in [3.05, 3.63) is 86.2 Å². The van der Waals surface area contributed by atoms with Crippen LogP contribution in [0.15, 0.2) is 59.5 Å². The van der Waals surface area contributed by atoms with Crippen molar-refractivity contribution in [1.82, 2.24) is 4.90 Å².